The molecule has 2 rings (SSSR count). The third-order valence-corrected chi connectivity index (χ3v) is 2.66. The second-order valence-corrected chi connectivity index (χ2v) is 4.20. The van der Waals surface area contributed by atoms with Gasteiger partial charge in [-0.3, -0.25) is 15.0 Å². The first-order valence-corrected chi connectivity index (χ1v) is 5.74. The quantitative estimate of drug-likeness (QED) is 0.467. The summed E-state index contributed by atoms with van der Waals surface area (Å²) in [5.74, 6) is 4.71. The third-order valence-electron chi connectivity index (χ3n) is 2.66. The average molecular weight is 258 g/mol. The van der Waals surface area contributed by atoms with Gasteiger partial charge in [0.05, 0.1) is 12.7 Å². The molecular weight excluding hydrogens is 244 g/mol. The lowest BCUT2D eigenvalue weighted by Crippen LogP contribution is -2.30. The van der Waals surface area contributed by atoms with Gasteiger partial charge in [-0.05, 0) is 30.2 Å². The van der Waals surface area contributed by atoms with Crippen molar-refractivity contribution in [1.82, 2.24) is 15.2 Å². The molecule has 0 saturated carbocycles. The molecule has 6 nitrogen and oxygen atoms in total. The Morgan fingerprint density at radius 3 is 2.89 bits per heavy atom. The van der Waals surface area contributed by atoms with Crippen molar-refractivity contribution in [1.29, 1.82) is 0 Å². The Morgan fingerprint density at radius 1 is 1.42 bits per heavy atom. The number of nitrogens with one attached hydrogen (secondary N) is 1. The van der Waals surface area contributed by atoms with Gasteiger partial charge in [0, 0.05) is 11.6 Å². The Morgan fingerprint density at radius 2 is 2.21 bits per heavy atom. The Balaban J connectivity index is 2.28. The standard InChI is InChI=1S/C13H14N4O2/c1-9-5-12(18)17(15-7-9)8-10-3-2-4-11(6-10)13(19)16-14/h2-7H,8,14H2,1H3,(H,16,19). The molecular formula is C13H14N4O2. The van der Waals surface area contributed by atoms with Crippen LogP contribution in [0.2, 0.25) is 0 Å². The van der Waals surface area contributed by atoms with Crippen molar-refractivity contribution in [3.8, 4) is 0 Å². The van der Waals surface area contributed by atoms with E-state index in [1.807, 2.05) is 13.0 Å². The molecule has 0 atom stereocenters. The molecule has 0 fully saturated rings. The summed E-state index contributed by atoms with van der Waals surface area (Å²) in [6.07, 6.45) is 1.62. The molecule has 0 spiro atoms. The molecule has 1 heterocycles. The number of nitrogens with zero attached hydrogens (tertiary/aromatic N) is 2. The Bertz CT molecular complexity index is 664. The Hall–Kier alpha value is -2.47. The summed E-state index contributed by atoms with van der Waals surface area (Å²) in [6, 6.07) is 8.40. The lowest BCUT2D eigenvalue weighted by molar-refractivity contribution is 0.0953. The van der Waals surface area contributed by atoms with E-state index in [4.69, 9.17) is 5.84 Å². The lowest BCUT2D eigenvalue weighted by Gasteiger charge is -2.06. The van der Waals surface area contributed by atoms with Crippen LogP contribution in [-0.4, -0.2) is 15.7 Å². The van der Waals surface area contributed by atoms with E-state index in [-0.39, 0.29) is 11.5 Å². The van der Waals surface area contributed by atoms with Crippen molar-refractivity contribution in [2.75, 3.05) is 0 Å². The van der Waals surface area contributed by atoms with Gasteiger partial charge in [0.2, 0.25) is 0 Å². The summed E-state index contributed by atoms with van der Waals surface area (Å²) < 4.78 is 1.34. The van der Waals surface area contributed by atoms with Crippen molar-refractivity contribution >= 4 is 5.91 Å². The highest BCUT2D eigenvalue weighted by Gasteiger charge is 2.05. The van der Waals surface area contributed by atoms with E-state index in [1.54, 1.807) is 24.4 Å². The fourth-order valence-electron chi connectivity index (χ4n) is 1.71. The lowest BCUT2D eigenvalue weighted by atomic mass is 10.1. The van der Waals surface area contributed by atoms with E-state index < -0.39 is 0 Å². The maximum absolute atomic E-state index is 11.7. The molecule has 6 heteroatoms. The summed E-state index contributed by atoms with van der Waals surface area (Å²) in [5.41, 5.74) is 3.96. The smallest absolute Gasteiger partial charge is 0.267 e. The van der Waals surface area contributed by atoms with Gasteiger partial charge in [0.1, 0.15) is 0 Å². The second kappa shape index (κ2) is 5.45. The van der Waals surface area contributed by atoms with Crippen LogP contribution in [0.15, 0.2) is 41.3 Å². The largest absolute Gasteiger partial charge is 0.290 e. The molecule has 0 aliphatic rings. The molecule has 0 bridgehead atoms. The molecule has 0 aliphatic carbocycles. The molecule has 1 aromatic heterocycles. The molecule has 1 amide bonds. The number of nitrogen functional groups attached to an aromatic ring is 1. The highest BCUT2D eigenvalue weighted by Crippen LogP contribution is 2.06. The molecule has 3 N–H and O–H groups in total. The minimum absolute atomic E-state index is 0.173. The topological polar surface area (TPSA) is 90.0 Å². The van der Waals surface area contributed by atoms with E-state index in [2.05, 4.69) is 10.5 Å². The van der Waals surface area contributed by atoms with Crippen LogP contribution in [0.3, 0.4) is 0 Å². The molecule has 0 saturated heterocycles. The van der Waals surface area contributed by atoms with Crippen molar-refractivity contribution in [3.05, 3.63) is 63.6 Å². The second-order valence-electron chi connectivity index (χ2n) is 4.20. The van der Waals surface area contributed by atoms with Crippen LogP contribution in [0.5, 0.6) is 0 Å². The van der Waals surface area contributed by atoms with Gasteiger partial charge in [0.25, 0.3) is 11.5 Å². The Labute approximate surface area is 109 Å². The molecule has 2 aromatic rings. The number of aryl methyl sites for hydroxylation is 1. The number of aromatic nitrogens is 2. The van der Waals surface area contributed by atoms with Gasteiger partial charge in [-0.1, -0.05) is 12.1 Å². The number of hydrogen-bond acceptors (Lipinski definition) is 4. The normalized spacial score (nSPS) is 10.2. The number of amides is 1. The van der Waals surface area contributed by atoms with E-state index in [0.717, 1.165) is 11.1 Å². The van der Waals surface area contributed by atoms with Gasteiger partial charge >= 0.3 is 0 Å². The SMILES string of the molecule is Cc1cnn(Cc2cccc(C(=O)NN)c2)c(=O)c1. The van der Waals surface area contributed by atoms with Gasteiger partial charge in [-0.15, -0.1) is 0 Å². The van der Waals surface area contributed by atoms with Crippen LogP contribution in [0.4, 0.5) is 0 Å². The maximum atomic E-state index is 11.7. The van der Waals surface area contributed by atoms with E-state index in [9.17, 15) is 9.59 Å². The summed E-state index contributed by atoms with van der Waals surface area (Å²) in [5, 5.41) is 4.05. The van der Waals surface area contributed by atoms with Gasteiger partial charge in [0.15, 0.2) is 0 Å². The van der Waals surface area contributed by atoms with Crippen LogP contribution in [0, 0.1) is 6.92 Å². The number of carbonyl (C=O) groups excluding carboxylic acids is 1. The summed E-state index contributed by atoms with van der Waals surface area (Å²) in [7, 11) is 0. The minimum Gasteiger partial charge on any atom is -0.290 e. The fraction of sp³-hybridized carbons (Fsp3) is 0.154. The minimum atomic E-state index is -0.369. The zero-order valence-corrected chi connectivity index (χ0v) is 10.5. The molecule has 98 valence electrons. The van der Waals surface area contributed by atoms with Crippen LogP contribution in [0.25, 0.3) is 0 Å². The molecule has 0 unspecified atom stereocenters. The molecule has 1 aromatic carbocycles. The van der Waals surface area contributed by atoms with E-state index in [0.29, 0.717) is 12.1 Å². The van der Waals surface area contributed by atoms with E-state index >= 15 is 0 Å². The number of hydrazine groups is 1. The monoisotopic (exact) mass is 258 g/mol. The first kappa shape index (κ1) is 13.0. The maximum Gasteiger partial charge on any atom is 0.267 e. The van der Waals surface area contributed by atoms with E-state index in [1.165, 1.54) is 10.7 Å². The van der Waals surface area contributed by atoms with Crippen LogP contribution in [0.1, 0.15) is 21.5 Å². The summed E-state index contributed by atoms with van der Waals surface area (Å²) in [6.45, 7) is 2.12. The number of nitrogens with two attached hydrogens (primary N) is 1. The molecule has 0 radical (unpaired) electrons. The number of hydrogen-bond donors (Lipinski definition) is 2. The van der Waals surface area contributed by atoms with Crippen LogP contribution in [-0.2, 0) is 6.54 Å². The van der Waals surface area contributed by atoms with Crippen molar-refractivity contribution in [2.45, 2.75) is 13.5 Å². The number of rotatable bonds is 3. The van der Waals surface area contributed by atoms with Gasteiger partial charge in [-0.2, -0.15) is 5.10 Å². The van der Waals surface area contributed by atoms with Crippen molar-refractivity contribution < 1.29 is 4.79 Å². The van der Waals surface area contributed by atoms with Crippen LogP contribution >= 0.6 is 0 Å². The predicted molar refractivity (Wildman–Crippen MR) is 70.4 cm³/mol. The first-order chi connectivity index (χ1) is 9.10. The first-order valence-electron chi connectivity index (χ1n) is 5.74. The zero-order valence-electron chi connectivity index (χ0n) is 10.5. The highest BCUT2D eigenvalue weighted by atomic mass is 16.2. The average Bonchev–Trinajstić information content (AvgIpc) is 2.41. The molecule has 19 heavy (non-hydrogen) atoms. The van der Waals surface area contributed by atoms with Crippen molar-refractivity contribution in [3.63, 3.8) is 0 Å². The molecule has 0 aliphatic heterocycles. The van der Waals surface area contributed by atoms with Gasteiger partial charge in [-0.25, -0.2) is 10.5 Å². The third kappa shape index (κ3) is 3.05. The zero-order chi connectivity index (χ0) is 13.8. The number of carbonyl (C=O) groups is 1. The van der Waals surface area contributed by atoms with Crippen LogP contribution < -0.4 is 16.8 Å². The predicted octanol–water partition coefficient (Wildman–Crippen LogP) is 0.204. The summed E-state index contributed by atoms with van der Waals surface area (Å²) >= 11 is 0. The number of benzene rings is 1. The highest BCUT2D eigenvalue weighted by molar-refractivity contribution is 5.93. The van der Waals surface area contributed by atoms with Gasteiger partial charge < -0.3 is 0 Å². The fourth-order valence-corrected chi connectivity index (χ4v) is 1.71. The Kier molecular flexibility index (Phi) is 3.72. The summed E-state index contributed by atoms with van der Waals surface area (Å²) in [4.78, 5) is 23.1. The van der Waals surface area contributed by atoms with Crippen molar-refractivity contribution in [2.24, 2.45) is 5.84 Å².